The molecule has 0 spiro atoms. The van der Waals surface area contributed by atoms with Crippen LogP contribution in [0, 0.1) is 5.92 Å². The van der Waals surface area contributed by atoms with Crippen LogP contribution in [-0.2, 0) is 11.3 Å². The normalized spacial score (nSPS) is 22.9. The van der Waals surface area contributed by atoms with E-state index in [1.165, 1.54) is 12.8 Å². The molecule has 2 fully saturated rings. The van der Waals surface area contributed by atoms with Crippen LogP contribution in [0.15, 0.2) is 30.6 Å². The van der Waals surface area contributed by atoms with E-state index in [0.29, 0.717) is 31.1 Å². The molecule has 3 unspecified atom stereocenters. The number of aliphatic hydroxyl groups excluding tert-OH is 1. The van der Waals surface area contributed by atoms with E-state index < -0.39 is 18.1 Å². The summed E-state index contributed by atoms with van der Waals surface area (Å²) < 4.78 is 6.98. The van der Waals surface area contributed by atoms with Gasteiger partial charge in [0.25, 0.3) is 11.8 Å². The van der Waals surface area contributed by atoms with Gasteiger partial charge in [0, 0.05) is 36.5 Å². The van der Waals surface area contributed by atoms with E-state index in [4.69, 9.17) is 10.5 Å². The van der Waals surface area contributed by atoms with Crippen LogP contribution in [0.25, 0.3) is 16.9 Å². The lowest BCUT2D eigenvalue weighted by Gasteiger charge is -2.28. The number of imidazole rings is 1. The number of hydrogen-bond acceptors (Lipinski definition) is 7. The number of anilines is 1. The Morgan fingerprint density at radius 1 is 1.31 bits per heavy atom. The first-order valence-corrected chi connectivity index (χ1v) is 12.0. The molecule has 2 aliphatic heterocycles. The third-order valence-electron chi connectivity index (χ3n) is 7.42. The van der Waals surface area contributed by atoms with Crippen LogP contribution >= 0.6 is 0 Å². The molecule has 3 aromatic rings. The fourth-order valence-electron chi connectivity index (χ4n) is 5.13. The molecule has 1 saturated carbocycles. The van der Waals surface area contributed by atoms with Crippen LogP contribution in [0.1, 0.15) is 52.6 Å². The van der Waals surface area contributed by atoms with Crippen molar-refractivity contribution in [3.63, 3.8) is 0 Å². The van der Waals surface area contributed by atoms with E-state index in [0.717, 1.165) is 22.4 Å². The van der Waals surface area contributed by atoms with Crippen molar-refractivity contribution in [3.05, 3.63) is 47.4 Å². The smallest absolute Gasteiger partial charge is 0.271 e. The second-order valence-electron chi connectivity index (χ2n) is 9.74. The predicted octanol–water partition coefficient (Wildman–Crippen LogP) is 1.61. The zero-order chi connectivity index (χ0) is 24.3. The Balaban J connectivity index is 1.31. The largest absolute Gasteiger partial charge is 0.389 e. The van der Waals surface area contributed by atoms with Gasteiger partial charge in [-0.05, 0) is 49.8 Å². The Morgan fingerprint density at radius 2 is 2.14 bits per heavy atom. The summed E-state index contributed by atoms with van der Waals surface area (Å²) in [6.45, 7) is 3.39. The number of ether oxygens (including phenoxy) is 1. The van der Waals surface area contributed by atoms with Crippen LogP contribution < -0.4 is 11.1 Å². The van der Waals surface area contributed by atoms with Gasteiger partial charge >= 0.3 is 0 Å². The molecule has 4 N–H and O–H groups in total. The summed E-state index contributed by atoms with van der Waals surface area (Å²) >= 11 is 0. The second kappa shape index (κ2) is 8.31. The first-order chi connectivity index (χ1) is 16.9. The summed E-state index contributed by atoms with van der Waals surface area (Å²) in [5.74, 6) is 0.409. The van der Waals surface area contributed by atoms with Gasteiger partial charge in [-0.2, -0.15) is 0 Å². The average Bonchev–Trinajstić information content (AvgIpc) is 3.53. The fraction of sp³-hybridized carbons (Fsp3) is 0.440. The molecular weight excluding hydrogens is 448 g/mol. The van der Waals surface area contributed by atoms with Crippen molar-refractivity contribution in [1.29, 1.82) is 0 Å². The summed E-state index contributed by atoms with van der Waals surface area (Å²) in [4.78, 5) is 36.5. The van der Waals surface area contributed by atoms with Gasteiger partial charge in [0.2, 0.25) is 0 Å². The zero-order valence-corrected chi connectivity index (χ0v) is 19.5. The lowest BCUT2D eigenvalue weighted by Crippen LogP contribution is -2.48. The molecule has 3 atom stereocenters. The van der Waals surface area contributed by atoms with Crippen molar-refractivity contribution in [3.8, 4) is 11.3 Å². The predicted molar refractivity (Wildman–Crippen MR) is 128 cm³/mol. The highest BCUT2D eigenvalue weighted by atomic mass is 16.5. The molecule has 10 heteroatoms. The Hall–Kier alpha value is -3.50. The van der Waals surface area contributed by atoms with Crippen molar-refractivity contribution in [1.82, 2.24) is 24.6 Å². The molecule has 2 aromatic heterocycles. The van der Waals surface area contributed by atoms with Crippen LogP contribution in [-0.4, -0.2) is 67.6 Å². The highest BCUT2D eigenvalue weighted by molar-refractivity contribution is 5.99. The van der Waals surface area contributed by atoms with Crippen molar-refractivity contribution in [2.24, 2.45) is 5.92 Å². The lowest BCUT2D eigenvalue weighted by atomic mass is 10.0. The van der Waals surface area contributed by atoms with Crippen LogP contribution in [0.2, 0.25) is 0 Å². The number of aliphatic hydroxyl groups is 1. The van der Waals surface area contributed by atoms with E-state index >= 15 is 0 Å². The standard InChI is InChI=1S/C25H28N6O4/c1-13(14-2-3-14)30-10-16-8-15(4-5-17(16)25(30)34)20-9-27-23-22(26)28-19(11-31(20)23)24(33)29-18-6-7-35-12-21(18)32/h4-5,8-9,11,13-14,18,21,32H,2-3,6-7,10,12H2,1H3,(H2,26,28)(H,29,33). The van der Waals surface area contributed by atoms with Crippen molar-refractivity contribution in [2.45, 2.75) is 50.9 Å². The number of amides is 2. The summed E-state index contributed by atoms with van der Waals surface area (Å²) in [7, 11) is 0. The monoisotopic (exact) mass is 476 g/mol. The minimum atomic E-state index is -0.770. The van der Waals surface area contributed by atoms with Gasteiger partial charge in [0.15, 0.2) is 11.5 Å². The fourth-order valence-corrected chi connectivity index (χ4v) is 5.13. The molecule has 1 aromatic carbocycles. The van der Waals surface area contributed by atoms with Crippen LogP contribution in [0.3, 0.4) is 0 Å². The Morgan fingerprint density at radius 3 is 2.91 bits per heavy atom. The number of fused-ring (bicyclic) bond motifs is 2. The number of hydrogen-bond donors (Lipinski definition) is 3. The number of benzene rings is 1. The maximum Gasteiger partial charge on any atom is 0.271 e. The molecule has 2 amide bonds. The summed E-state index contributed by atoms with van der Waals surface area (Å²) in [6.07, 6.45) is 5.43. The Labute approximate surface area is 202 Å². The number of rotatable bonds is 5. The first-order valence-electron chi connectivity index (χ1n) is 12.0. The average molecular weight is 477 g/mol. The maximum atomic E-state index is 12.9. The Kier molecular flexibility index (Phi) is 5.23. The molecule has 6 rings (SSSR count). The highest BCUT2D eigenvalue weighted by Crippen LogP contribution is 2.39. The number of nitrogens with one attached hydrogen (secondary N) is 1. The van der Waals surface area contributed by atoms with Gasteiger partial charge in [0.05, 0.1) is 30.6 Å². The van der Waals surface area contributed by atoms with Gasteiger partial charge in [-0.3, -0.25) is 14.0 Å². The second-order valence-corrected chi connectivity index (χ2v) is 9.74. The number of nitrogen functional groups attached to an aromatic ring is 1. The molecule has 4 heterocycles. The van der Waals surface area contributed by atoms with Crippen LogP contribution in [0.4, 0.5) is 5.82 Å². The molecule has 10 nitrogen and oxygen atoms in total. The van der Waals surface area contributed by atoms with Gasteiger partial charge in [0.1, 0.15) is 5.69 Å². The van der Waals surface area contributed by atoms with Crippen molar-refractivity contribution < 1.29 is 19.4 Å². The molecule has 3 aliphatic rings. The topological polar surface area (TPSA) is 135 Å². The Bertz CT molecular complexity index is 1330. The first kappa shape index (κ1) is 22.0. The molecule has 182 valence electrons. The minimum absolute atomic E-state index is 0.0896. The molecule has 0 bridgehead atoms. The summed E-state index contributed by atoms with van der Waals surface area (Å²) in [6, 6.07) is 5.63. The van der Waals surface area contributed by atoms with E-state index in [1.54, 1.807) is 16.8 Å². The zero-order valence-electron chi connectivity index (χ0n) is 19.5. The number of carbonyl (C=O) groups is 2. The van der Waals surface area contributed by atoms with Crippen LogP contribution in [0.5, 0.6) is 0 Å². The highest BCUT2D eigenvalue weighted by Gasteiger charge is 2.38. The third kappa shape index (κ3) is 3.82. The molecule has 0 radical (unpaired) electrons. The van der Waals surface area contributed by atoms with E-state index in [1.807, 2.05) is 23.1 Å². The molecule has 1 aliphatic carbocycles. The number of nitrogens with two attached hydrogens (primary N) is 1. The third-order valence-corrected chi connectivity index (χ3v) is 7.42. The molecule has 1 saturated heterocycles. The molecular formula is C25H28N6O4. The summed E-state index contributed by atoms with van der Waals surface area (Å²) in [5.41, 5.74) is 10.1. The van der Waals surface area contributed by atoms with Crippen molar-refractivity contribution >= 4 is 23.3 Å². The number of carbonyl (C=O) groups excluding carboxylic acids is 2. The van der Waals surface area contributed by atoms with E-state index in [2.05, 4.69) is 22.2 Å². The number of nitrogens with zero attached hydrogens (tertiary/aromatic N) is 4. The summed E-state index contributed by atoms with van der Waals surface area (Å²) in [5, 5.41) is 12.9. The van der Waals surface area contributed by atoms with Gasteiger partial charge in [-0.25, -0.2) is 9.97 Å². The van der Waals surface area contributed by atoms with E-state index in [9.17, 15) is 14.7 Å². The van der Waals surface area contributed by atoms with Gasteiger partial charge in [-0.15, -0.1) is 0 Å². The minimum Gasteiger partial charge on any atom is -0.389 e. The SMILES string of the molecule is CC(C1CC1)N1Cc2cc(-c3cnc4c(N)nc(C(=O)NC5CCOCC5O)cn34)ccc2C1=O. The molecule has 35 heavy (non-hydrogen) atoms. The van der Waals surface area contributed by atoms with E-state index in [-0.39, 0.29) is 30.1 Å². The number of aromatic nitrogens is 3. The van der Waals surface area contributed by atoms with Crippen molar-refractivity contribution in [2.75, 3.05) is 18.9 Å². The quantitative estimate of drug-likeness (QED) is 0.509. The van der Waals surface area contributed by atoms with Gasteiger partial charge < -0.3 is 25.8 Å². The van der Waals surface area contributed by atoms with Gasteiger partial charge in [-0.1, -0.05) is 6.07 Å². The lowest BCUT2D eigenvalue weighted by molar-refractivity contribution is -0.0261. The maximum absolute atomic E-state index is 12.9.